The van der Waals surface area contributed by atoms with E-state index in [2.05, 4.69) is 22.9 Å². The number of carboxylic acids is 1. The van der Waals surface area contributed by atoms with Gasteiger partial charge in [0.1, 0.15) is 17.1 Å². The van der Waals surface area contributed by atoms with E-state index in [1.54, 1.807) is 24.3 Å². The van der Waals surface area contributed by atoms with Crippen LogP contribution in [-0.4, -0.2) is 142 Å². The Balaban J connectivity index is 1.24. The third-order valence-corrected chi connectivity index (χ3v) is 17.1. The second-order valence-electron chi connectivity index (χ2n) is 20.0. The highest BCUT2D eigenvalue weighted by Gasteiger charge is 2.29. The number of carbonyl (C=O) groups excluding carboxylic acids is 2. The minimum atomic E-state index is -4.81. The fourth-order valence-corrected chi connectivity index (χ4v) is 11.6. The van der Waals surface area contributed by atoms with Crippen molar-refractivity contribution in [1.29, 1.82) is 0 Å². The molecule has 0 saturated heterocycles. The first kappa shape index (κ1) is 72.9. The molecule has 1 aliphatic carbocycles. The van der Waals surface area contributed by atoms with Gasteiger partial charge in [-0.3, -0.25) is 46.0 Å². The van der Waals surface area contributed by atoms with Crippen molar-refractivity contribution >= 4 is 83.1 Å². The first-order valence-corrected chi connectivity index (χ1v) is 33.7. The Kier molecular flexibility index (Phi) is 33.7. The molecule has 4 rings (SSSR count). The monoisotopic (exact) mass is 1270 g/mol. The summed E-state index contributed by atoms with van der Waals surface area (Å²) in [5, 5.41) is 29.6. The predicted octanol–water partition coefficient (Wildman–Crippen LogP) is 10.8. The number of thiocarbonyl (C=S) groups is 1. The number of aromatic hydroxyl groups is 1. The molecule has 4 unspecified atom stereocenters. The lowest BCUT2D eigenvalue weighted by Gasteiger charge is -2.23. The van der Waals surface area contributed by atoms with Crippen molar-refractivity contribution in [3.05, 3.63) is 70.4 Å². The van der Waals surface area contributed by atoms with Crippen LogP contribution in [0, 0.1) is 5.92 Å². The number of fused-ring (bicyclic) bond motifs is 2. The minimum Gasteiger partial charge on any atom is -0.508 e. The third kappa shape index (κ3) is 28.0. The Morgan fingerprint density at radius 1 is 0.718 bits per heavy atom. The van der Waals surface area contributed by atoms with Gasteiger partial charge in [0.15, 0.2) is 10.5 Å². The maximum atomic E-state index is 13.0. The van der Waals surface area contributed by atoms with E-state index >= 15 is 0 Å². The molecule has 0 bridgehead atoms. The Hall–Kier alpha value is -4.62. The van der Waals surface area contributed by atoms with Crippen molar-refractivity contribution in [2.75, 3.05) is 92.0 Å². The van der Waals surface area contributed by atoms with Crippen LogP contribution in [0.25, 0.3) is 33.4 Å². The predicted molar refractivity (Wildman–Crippen MR) is 327 cm³/mol. The van der Waals surface area contributed by atoms with E-state index in [-0.39, 0.29) is 85.7 Å². The van der Waals surface area contributed by atoms with Crippen molar-refractivity contribution in [1.82, 2.24) is 15.5 Å². The molecular formula is C56H84BN4O20P3S. The van der Waals surface area contributed by atoms with Gasteiger partial charge in [0.25, 0.3) is 0 Å². The lowest BCUT2D eigenvalue weighted by Crippen LogP contribution is -2.41. The maximum Gasteiger partial charge on any atom is 0.474 e. The molecule has 2 aromatic carbocycles. The number of likely N-dealkylation sites (N-methyl/N-ethyl adjacent to an activating group) is 1. The lowest BCUT2D eigenvalue weighted by atomic mass is 9.90. The number of carboxylic acid groups (broad SMARTS) is 1. The third-order valence-electron chi connectivity index (χ3n) is 13.4. The van der Waals surface area contributed by atoms with Gasteiger partial charge in [-0.1, -0.05) is 103 Å². The van der Waals surface area contributed by atoms with Crippen LogP contribution < -0.4 is 21.4 Å². The Labute approximate surface area is 504 Å². The van der Waals surface area contributed by atoms with Crippen molar-refractivity contribution in [3.63, 3.8) is 0 Å². The van der Waals surface area contributed by atoms with E-state index in [1.165, 1.54) is 109 Å². The fraction of sp³-hybridized carbons (Fsp3) is 0.589. The number of benzene rings is 3. The molecule has 0 fully saturated rings. The van der Waals surface area contributed by atoms with Gasteiger partial charge >= 0.3 is 29.4 Å². The summed E-state index contributed by atoms with van der Waals surface area (Å²) in [5.74, 6) is -3.06. The van der Waals surface area contributed by atoms with Crippen LogP contribution in [0.15, 0.2) is 63.8 Å². The number of nitrogens with one attached hydrogen (secondary N) is 3. The zero-order valence-electron chi connectivity index (χ0n) is 48.9. The molecule has 85 heavy (non-hydrogen) atoms. The van der Waals surface area contributed by atoms with Gasteiger partial charge in [-0.05, 0) is 79.8 Å². The Morgan fingerprint density at radius 2 is 1.32 bits per heavy atom. The SMILES string of the molecule is [B]CC(=O)N(CCOP(=O)(O)OCC(CCCCNC(=S)Nc1ccc(-c2c3ccc(=O)cc-3oc3cc(O)ccc23)c(C(=O)O)c1)COP(=O)(O)OCCOCCOP(=O)(OC)OCCCCCCCCCCCCCCCC)CC(=O)NC. The fourth-order valence-electron chi connectivity index (χ4n) is 8.87. The number of nitrogens with zero attached hydrogens (tertiary/aromatic N) is 1. The van der Waals surface area contributed by atoms with Gasteiger partial charge in [-0.25, -0.2) is 18.5 Å². The summed E-state index contributed by atoms with van der Waals surface area (Å²) in [6.07, 6.45) is 17.4. The zero-order valence-corrected chi connectivity index (χ0v) is 52.4. The van der Waals surface area contributed by atoms with Crippen LogP contribution in [0.1, 0.15) is 126 Å². The average Bonchev–Trinajstić information content (AvgIpc) is 2.22. The second kappa shape index (κ2) is 39.3. The lowest BCUT2D eigenvalue weighted by molar-refractivity contribution is -0.134. The van der Waals surface area contributed by atoms with Crippen molar-refractivity contribution in [2.45, 2.75) is 122 Å². The number of phenolic OH excluding ortho intramolecular Hbond substituents is 1. The topological polar surface area (TPSA) is 327 Å². The van der Waals surface area contributed by atoms with Crippen molar-refractivity contribution in [2.24, 2.45) is 5.92 Å². The van der Waals surface area contributed by atoms with Crippen LogP contribution in [0.4, 0.5) is 5.69 Å². The first-order valence-electron chi connectivity index (χ1n) is 28.8. The second-order valence-corrected chi connectivity index (χ2v) is 25.1. The largest absolute Gasteiger partial charge is 0.508 e. The van der Waals surface area contributed by atoms with Gasteiger partial charge in [0.2, 0.25) is 11.8 Å². The normalized spacial score (nSPS) is 14.1. The van der Waals surface area contributed by atoms with Gasteiger partial charge in [-0.15, -0.1) is 0 Å². The summed E-state index contributed by atoms with van der Waals surface area (Å²) in [4.78, 5) is 71.2. The minimum absolute atomic E-state index is 0.0794. The quantitative estimate of drug-likeness (QED) is 0.00710. The number of phosphoric ester groups is 3. The molecule has 1 heterocycles. The molecule has 2 amide bonds. The maximum absolute atomic E-state index is 13.0. The number of anilines is 1. The van der Waals surface area contributed by atoms with E-state index in [0.717, 1.165) is 24.2 Å². The standard InChI is InChI=1S/C56H84BN4O20P3S/c1-4-5-6-7-8-9-10-11-12-13-14-15-16-19-29-77-84(72,73-3)78-34-32-74-31-33-76-83(70,71)80-41-42(40-79-82(68,69)75-30-28-61(53(65)38-57)39-52(64)58-2)20-17-18-27-59-56(85)60-43-21-24-46(49(35-43)55(66)67)54-47-25-22-44(62)36-50(47)81-51-37-45(63)23-26-48(51)54/h21-26,35-37,42,62H,4-20,27-34,38-41H2,1-3H3,(H,58,64)(H,66,67)(H,68,69)(H,70,71)(H2,59,60,85). The molecule has 472 valence electrons. The summed E-state index contributed by atoms with van der Waals surface area (Å²) < 4.78 is 86.6. The van der Waals surface area contributed by atoms with Crippen LogP contribution in [-0.2, 0) is 59.7 Å². The van der Waals surface area contributed by atoms with Crippen molar-refractivity contribution in [3.8, 4) is 28.2 Å². The van der Waals surface area contributed by atoms with E-state index in [4.69, 9.17) is 60.9 Å². The number of unbranched alkanes of at least 4 members (excludes halogenated alkanes) is 14. The molecule has 0 spiro atoms. The highest BCUT2D eigenvalue weighted by atomic mass is 32.1. The summed E-state index contributed by atoms with van der Waals surface area (Å²) in [7, 11) is -5.31. The Morgan fingerprint density at radius 3 is 1.93 bits per heavy atom. The van der Waals surface area contributed by atoms with Crippen molar-refractivity contribution < 1.29 is 88.9 Å². The van der Waals surface area contributed by atoms with E-state index in [9.17, 15) is 52.9 Å². The Bertz CT molecular complexity index is 2890. The molecule has 29 heteroatoms. The number of phenols is 1. The van der Waals surface area contributed by atoms with Gasteiger partial charge < -0.3 is 50.0 Å². The summed E-state index contributed by atoms with van der Waals surface area (Å²) in [6, 6.07) is 13.2. The smallest absolute Gasteiger partial charge is 0.474 e. The number of carbonyl (C=O) groups is 3. The zero-order chi connectivity index (χ0) is 62.1. The van der Waals surface area contributed by atoms with E-state index < -0.39 is 79.9 Å². The number of rotatable bonds is 46. The number of aromatic carboxylic acids is 1. The first-order chi connectivity index (χ1) is 40.7. The van der Waals surface area contributed by atoms with Gasteiger partial charge in [0, 0.05) is 67.5 Å². The molecule has 0 aromatic heterocycles. The summed E-state index contributed by atoms with van der Waals surface area (Å²) in [6.45, 7) is -0.267. The molecule has 2 aromatic rings. The molecule has 24 nitrogen and oxygen atoms in total. The number of hydrogen-bond acceptors (Lipinski definition) is 18. The molecule has 2 radical (unpaired) electrons. The molecular weight excluding hydrogens is 1180 g/mol. The molecule has 4 atom stereocenters. The number of phosphoric acid groups is 3. The summed E-state index contributed by atoms with van der Waals surface area (Å²) in [5.41, 5.74) is 1.40. The molecule has 0 saturated carbocycles. The average molecular weight is 1270 g/mol. The van der Waals surface area contributed by atoms with Gasteiger partial charge in [-0.2, -0.15) is 0 Å². The number of ether oxygens (including phenoxy) is 1. The molecule has 2 aliphatic rings. The van der Waals surface area contributed by atoms with Crippen LogP contribution in [0.3, 0.4) is 0 Å². The number of amides is 2. The van der Waals surface area contributed by atoms with E-state index in [1.807, 2.05) is 0 Å². The van der Waals surface area contributed by atoms with Gasteiger partial charge in [0.05, 0.1) is 72.8 Å². The van der Waals surface area contributed by atoms with E-state index in [0.29, 0.717) is 47.0 Å². The van der Waals surface area contributed by atoms with Crippen LogP contribution in [0.5, 0.6) is 5.75 Å². The molecule has 1 aliphatic heterocycles. The number of hydrogen-bond donors (Lipinski definition) is 7. The molecule has 7 N–H and O–H groups in total. The summed E-state index contributed by atoms with van der Waals surface area (Å²) >= 11 is 5.51. The van der Waals surface area contributed by atoms with Crippen LogP contribution >= 0.6 is 35.7 Å². The van der Waals surface area contributed by atoms with Crippen LogP contribution in [0.2, 0.25) is 6.32 Å². The highest BCUT2D eigenvalue weighted by molar-refractivity contribution is 7.80. The highest BCUT2D eigenvalue weighted by Crippen LogP contribution is 2.49.